The summed E-state index contributed by atoms with van der Waals surface area (Å²) in [5.74, 6) is -0.662. The van der Waals surface area contributed by atoms with Crippen LogP contribution in [0.3, 0.4) is 0 Å². The van der Waals surface area contributed by atoms with Crippen LogP contribution in [0.15, 0.2) is 24.3 Å². The molecule has 0 aliphatic rings. The summed E-state index contributed by atoms with van der Waals surface area (Å²) < 4.78 is 5.45. The number of nitrogens with one attached hydrogen (secondary N) is 1. The minimum atomic E-state index is -1.05. The number of ether oxygens (including phenoxy) is 1. The van der Waals surface area contributed by atoms with E-state index in [1.165, 1.54) is 12.5 Å². The van der Waals surface area contributed by atoms with Gasteiger partial charge in [0.25, 0.3) is 0 Å². The van der Waals surface area contributed by atoms with Crippen molar-refractivity contribution in [1.29, 1.82) is 0 Å². The lowest BCUT2D eigenvalue weighted by molar-refractivity contribution is -0.141. The highest BCUT2D eigenvalue weighted by atomic mass is 16.5. The van der Waals surface area contributed by atoms with E-state index < -0.39 is 12.0 Å². The summed E-state index contributed by atoms with van der Waals surface area (Å²) in [6, 6.07) is 6.79. The van der Waals surface area contributed by atoms with E-state index in [0.717, 1.165) is 12.2 Å². The first-order chi connectivity index (χ1) is 9.02. The van der Waals surface area contributed by atoms with Crippen LogP contribution in [0.4, 0.5) is 0 Å². The van der Waals surface area contributed by atoms with E-state index in [0.29, 0.717) is 0 Å². The number of carbonyl (C=O) groups excluding carboxylic acids is 1. The van der Waals surface area contributed by atoms with Gasteiger partial charge in [-0.05, 0) is 31.0 Å². The normalized spacial score (nSPS) is 11.7. The molecule has 0 radical (unpaired) electrons. The summed E-state index contributed by atoms with van der Waals surface area (Å²) in [5, 5.41) is 11.0. The summed E-state index contributed by atoms with van der Waals surface area (Å²) in [7, 11) is 0. The van der Waals surface area contributed by atoms with Gasteiger partial charge in [-0.1, -0.05) is 19.1 Å². The second kappa shape index (κ2) is 7.41. The third-order valence-electron chi connectivity index (χ3n) is 2.65. The molecule has 5 heteroatoms. The highest BCUT2D eigenvalue weighted by Gasteiger charge is 2.13. The standard InChI is InChI=1S/C14H19NO4/c1-3-11-5-4-6-12(9-11)19-8-7-13(16)15-10(2)14(17)18/h4-6,9-10H,3,7-8H2,1-2H3,(H,15,16)(H,17,18). The largest absolute Gasteiger partial charge is 0.493 e. The molecule has 1 amide bonds. The fourth-order valence-electron chi connectivity index (χ4n) is 1.49. The van der Waals surface area contributed by atoms with Crippen LogP contribution in [0.1, 0.15) is 25.8 Å². The molecule has 0 saturated carbocycles. The van der Waals surface area contributed by atoms with Gasteiger partial charge in [0.1, 0.15) is 11.8 Å². The number of aryl methyl sites for hydroxylation is 1. The molecule has 0 aliphatic carbocycles. The third-order valence-corrected chi connectivity index (χ3v) is 2.65. The van der Waals surface area contributed by atoms with Crippen LogP contribution in [-0.4, -0.2) is 29.6 Å². The van der Waals surface area contributed by atoms with Gasteiger partial charge < -0.3 is 15.2 Å². The fraction of sp³-hybridized carbons (Fsp3) is 0.429. The minimum Gasteiger partial charge on any atom is -0.493 e. The van der Waals surface area contributed by atoms with E-state index in [-0.39, 0.29) is 18.9 Å². The first-order valence-electron chi connectivity index (χ1n) is 6.26. The first kappa shape index (κ1) is 15.0. The molecular formula is C14H19NO4. The molecule has 1 atom stereocenters. The number of benzene rings is 1. The maximum absolute atomic E-state index is 11.4. The minimum absolute atomic E-state index is 0.133. The van der Waals surface area contributed by atoms with Crippen molar-refractivity contribution < 1.29 is 19.4 Å². The predicted octanol–water partition coefficient (Wildman–Crippen LogP) is 1.61. The van der Waals surface area contributed by atoms with E-state index in [1.807, 2.05) is 24.3 Å². The number of carbonyl (C=O) groups is 2. The quantitative estimate of drug-likeness (QED) is 0.785. The predicted molar refractivity (Wildman–Crippen MR) is 71.2 cm³/mol. The number of aliphatic carboxylic acids is 1. The monoisotopic (exact) mass is 265 g/mol. The van der Waals surface area contributed by atoms with E-state index in [4.69, 9.17) is 9.84 Å². The summed E-state index contributed by atoms with van der Waals surface area (Å²) in [6.07, 6.45) is 1.06. The van der Waals surface area contributed by atoms with Crippen LogP contribution in [0.5, 0.6) is 5.75 Å². The van der Waals surface area contributed by atoms with E-state index >= 15 is 0 Å². The van der Waals surface area contributed by atoms with Gasteiger partial charge in [0.2, 0.25) is 5.91 Å². The number of carboxylic acids is 1. The van der Waals surface area contributed by atoms with Crippen LogP contribution in [0.2, 0.25) is 0 Å². The Labute approximate surface area is 112 Å². The molecule has 5 nitrogen and oxygen atoms in total. The van der Waals surface area contributed by atoms with Gasteiger partial charge in [-0.3, -0.25) is 9.59 Å². The fourth-order valence-corrected chi connectivity index (χ4v) is 1.49. The second-order valence-corrected chi connectivity index (χ2v) is 4.23. The van der Waals surface area contributed by atoms with E-state index in [2.05, 4.69) is 12.2 Å². The molecule has 0 bridgehead atoms. The molecule has 0 spiro atoms. The lowest BCUT2D eigenvalue weighted by Gasteiger charge is -2.10. The SMILES string of the molecule is CCc1cccc(OCCC(=O)NC(C)C(=O)O)c1. The zero-order chi connectivity index (χ0) is 14.3. The van der Waals surface area contributed by atoms with Gasteiger partial charge in [-0.15, -0.1) is 0 Å². The average molecular weight is 265 g/mol. The Morgan fingerprint density at radius 3 is 2.79 bits per heavy atom. The highest BCUT2D eigenvalue weighted by molar-refractivity contribution is 5.83. The van der Waals surface area contributed by atoms with Gasteiger partial charge in [0, 0.05) is 0 Å². The zero-order valence-electron chi connectivity index (χ0n) is 11.2. The molecule has 0 saturated heterocycles. The summed E-state index contributed by atoms with van der Waals surface area (Å²) in [5.41, 5.74) is 1.17. The van der Waals surface area contributed by atoms with Crippen molar-refractivity contribution >= 4 is 11.9 Å². The summed E-state index contributed by atoms with van der Waals surface area (Å²) in [6.45, 7) is 3.71. The van der Waals surface area contributed by atoms with Crippen LogP contribution < -0.4 is 10.1 Å². The van der Waals surface area contributed by atoms with Crippen LogP contribution in [0.25, 0.3) is 0 Å². The molecule has 0 fully saturated rings. The number of amides is 1. The molecule has 0 aliphatic heterocycles. The van der Waals surface area contributed by atoms with Crippen molar-refractivity contribution in [3.63, 3.8) is 0 Å². The Bertz CT molecular complexity index is 445. The topological polar surface area (TPSA) is 75.6 Å². The van der Waals surface area contributed by atoms with Crippen LogP contribution >= 0.6 is 0 Å². The maximum Gasteiger partial charge on any atom is 0.325 e. The van der Waals surface area contributed by atoms with Crippen LogP contribution in [-0.2, 0) is 16.0 Å². The van der Waals surface area contributed by atoms with Crippen molar-refractivity contribution in [1.82, 2.24) is 5.32 Å². The Morgan fingerprint density at radius 2 is 2.16 bits per heavy atom. The molecule has 2 N–H and O–H groups in total. The lowest BCUT2D eigenvalue weighted by atomic mass is 10.2. The van der Waals surface area contributed by atoms with Crippen molar-refractivity contribution in [2.45, 2.75) is 32.7 Å². The van der Waals surface area contributed by atoms with Gasteiger partial charge >= 0.3 is 5.97 Å². The van der Waals surface area contributed by atoms with Gasteiger partial charge in [-0.2, -0.15) is 0 Å². The number of hydrogen-bond acceptors (Lipinski definition) is 3. The molecule has 1 rings (SSSR count). The molecule has 1 aromatic carbocycles. The molecule has 19 heavy (non-hydrogen) atoms. The number of rotatable bonds is 7. The van der Waals surface area contributed by atoms with Crippen molar-refractivity contribution in [2.75, 3.05) is 6.61 Å². The lowest BCUT2D eigenvalue weighted by Crippen LogP contribution is -2.38. The molecule has 1 aromatic rings. The van der Waals surface area contributed by atoms with Gasteiger partial charge in [0.15, 0.2) is 0 Å². The number of carboxylic acid groups (broad SMARTS) is 1. The average Bonchev–Trinajstić information content (AvgIpc) is 2.38. The highest BCUT2D eigenvalue weighted by Crippen LogP contribution is 2.13. The summed E-state index contributed by atoms with van der Waals surface area (Å²) >= 11 is 0. The van der Waals surface area contributed by atoms with E-state index in [9.17, 15) is 9.59 Å². The van der Waals surface area contributed by atoms with Gasteiger partial charge in [0.05, 0.1) is 13.0 Å². The van der Waals surface area contributed by atoms with E-state index in [1.54, 1.807) is 0 Å². The summed E-state index contributed by atoms with van der Waals surface area (Å²) in [4.78, 5) is 22.0. The molecule has 104 valence electrons. The number of hydrogen-bond donors (Lipinski definition) is 2. The van der Waals surface area contributed by atoms with Crippen molar-refractivity contribution in [3.8, 4) is 5.75 Å². The Hall–Kier alpha value is -2.04. The Morgan fingerprint density at radius 1 is 1.42 bits per heavy atom. The molecule has 0 heterocycles. The van der Waals surface area contributed by atoms with Gasteiger partial charge in [-0.25, -0.2) is 0 Å². The first-order valence-corrected chi connectivity index (χ1v) is 6.26. The van der Waals surface area contributed by atoms with Crippen LogP contribution in [0, 0.1) is 0 Å². The molecule has 0 aromatic heterocycles. The third kappa shape index (κ3) is 5.42. The van der Waals surface area contributed by atoms with Crippen molar-refractivity contribution in [2.24, 2.45) is 0 Å². The Balaban J connectivity index is 2.33. The van der Waals surface area contributed by atoms with Crippen molar-refractivity contribution in [3.05, 3.63) is 29.8 Å². The zero-order valence-corrected chi connectivity index (χ0v) is 11.2. The Kier molecular flexibility index (Phi) is 5.85. The maximum atomic E-state index is 11.4. The second-order valence-electron chi connectivity index (χ2n) is 4.23. The molecular weight excluding hydrogens is 246 g/mol. The molecule has 1 unspecified atom stereocenters. The smallest absolute Gasteiger partial charge is 0.325 e.